The highest BCUT2D eigenvalue weighted by Crippen LogP contribution is 2.29. The number of hydrogen-bond acceptors (Lipinski definition) is 3. The Morgan fingerprint density at radius 3 is 2.92 bits per heavy atom. The summed E-state index contributed by atoms with van der Waals surface area (Å²) in [4.78, 5) is 21.8. The van der Waals surface area contributed by atoms with Gasteiger partial charge in [0.15, 0.2) is 5.78 Å². The first-order chi connectivity index (χ1) is 6.22. The van der Waals surface area contributed by atoms with Crippen LogP contribution in [0.4, 0.5) is 5.69 Å². The number of Topliss-reactive ketones (excluding diaryl/α,β-unsaturated/α-hetero) is 1. The maximum absolute atomic E-state index is 11.5. The summed E-state index contributed by atoms with van der Waals surface area (Å²) in [6.07, 6.45) is 0.785. The van der Waals surface area contributed by atoms with E-state index in [0.29, 0.717) is 11.3 Å². The van der Waals surface area contributed by atoms with E-state index < -0.39 is 0 Å². The van der Waals surface area contributed by atoms with Crippen molar-refractivity contribution in [2.24, 2.45) is 11.1 Å². The summed E-state index contributed by atoms with van der Waals surface area (Å²) >= 11 is 0. The number of carbonyl (C=O) groups is 1. The zero-order valence-electron chi connectivity index (χ0n) is 7.28. The molecule has 1 unspecified atom stereocenters. The van der Waals surface area contributed by atoms with Crippen molar-refractivity contribution in [3.63, 3.8) is 0 Å². The number of fused-ring (bicyclic) bond motifs is 1. The number of ketones is 1. The minimum Gasteiger partial charge on any atom is -0.294 e. The molecule has 1 aliphatic carbocycles. The van der Waals surface area contributed by atoms with E-state index in [4.69, 9.17) is 0 Å². The molecule has 1 aliphatic rings. The predicted molar refractivity (Wildman–Crippen MR) is 49.1 cm³/mol. The van der Waals surface area contributed by atoms with Gasteiger partial charge in [-0.05, 0) is 29.3 Å². The summed E-state index contributed by atoms with van der Waals surface area (Å²) in [5, 5.41) is 2.81. The van der Waals surface area contributed by atoms with Gasteiger partial charge in [-0.1, -0.05) is 13.0 Å². The van der Waals surface area contributed by atoms with E-state index in [1.54, 1.807) is 12.1 Å². The van der Waals surface area contributed by atoms with Gasteiger partial charge >= 0.3 is 0 Å². The molecule has 0 aliphatic heterocycles. The summed E-state index contributed by atoms with van der Waals surface area (Å²) in [5.41, 5.74) is 2.04. The standard InChI is InChI=1S/C10H9NO2/c1-6-4-7-2-3-8(11-13)5-9(7)10(6)12/h2-3,5-6H,4H2,1H3. The van der Waals surface area contributed by atoms with E-state index >= 15 is 0 Å². The predicted octanol–water partition coefficient (Wildman–Crippen LogP) is 2.46. The van der Waals surface area contributed by atoms with Crippen LogP contribution >= 0.6 is 0 Å². The Bertz CT molecular complexity index is 385. The second kappa shape index (κ2) is 2.76. The second-order valence-electron chi connectivity index (χ2n) is 3.40. The first-order valence-corrected chi connectivity index (χ1v) is 4.23. The minimum absolute atomic E-state index is 0.0527. The van der Waals surface area contributed by atoms with Gasteiger partial charge < -0.3 is 0 Å². The van der Waals surface area contributed by atoms with E-state index in [1.165, 1.54) is 0 Å². The van der Waals surface area contributed by atoms with Crippen molar-refractivity contribution in [2.45, 2.75) is 13.3 Å². The van der Waals surface area contributed by atoms with Gasteiger partial charge in [-0.3, -0.25) is 4.79 Å². The largest absolute Gasteiger partial charge is 0.294 e. The average Bonchev–Trinajstić information content (AvgIpc) is 2.43. The number of nitrogens with zero attached hydrogens (tertiary/aromatic N) is 1. The Kier molecular flexibility index (Phi) is 1.72. The summed E-state index contributed by atoms with van der Waals surface area (Å²) in [7, 11) is 0. The number of benzene rings is 1. The first kappa shape index (κ1) is 8.10. The molecule has 0 saturated carbocycles. The third-order valence-corrected chi connectivity index (χ3v) is 2.44. The van der Waals surface area contributed by atoms with E-state index in [-0.39, 0.29) is 11.7 Å². The van der Waals surface area contributed by atoms with Crippen LogP contribution in [0, 0.1) is 10.8 Å². The maximum atomic E-state index is 11.5. The lowest BCUT2D eigenvalue weighted by molar-refractivity contribution is 0.0946. The highest BCUT2D eigenvalue weighted by molar-refractivity contribution is 6.02. The Morgan fingerprint density at radius 2 is 2.23 bits per heavy atom. The molecule has 0 spiro atoms. The zero-order valence-corrected chi connectivity index (χ0v) is 7.28. The molecule has 1 atom stereocenters. The van der Waals surface area contributed by atoms with Crippen molar-refractivity contribution in [1.82, 2.24) is 0 Å². The lowest BCUT2D eigenvalue weighted by Gasteiger charge is -1.95. The van der Waals surface area contributed by atoms with Crippen LogP contribution in [0.3, 0.4) is 0 Å². The van der Waals surface area contributed by atoms with E-state index in [1.807, 2.05) is 13.0 Å². The second-order valence-corrected chi connectivity index (χ2v) is 3.40. The fourth-order valence-electron chi connectivity index (χ4n) is 1.72. The number of nitroso groups, excluding NO2 is 1. The highest BCUT2D eigenvalue weighted by Gasteiger charge is 2.26. The van der Waals surface area contributed by atoms with Crippen molar-refractivity contribution >= 4 is 11.5 Å². The molecule has 0 radical (unpaired) electrons. The smallest absolute Gasteiger partial charge is 0.166 e. The Balaban J connectivity index is 2.54. The molecule has 1 aromatic carbocycles. The van der Waals surface area contributed by atoms with E-state index in [9.17, 15) is 9.70 Å². The minimum atomic E-state index is 0.0527. The molecule has 0 amide bonds. The van der Waals surface area contributed by atoms with Gasteiger partial charge in [-0.25, -0.2) is 0 Å². The van der Waals surface area contributed by atoms with Crippen LogP contribution in [0.1, 0.15) is 22.8 Å². The topological polar surface area (TPSA) is 46.5 Å². The maximum Gasteiger partial charge on any atom is 0.166 e. The summed E-state index contributed by atoms with van der Waals surface area (Å²) in [5.74, 6) is 0.178. The fourth-order valence-corrected chi connectivity index (χ4v) is 1.72. The molecule has 3 nitrogen and oxygen atoms in total. The van der Waals surface area contributed by atoms with Crippen molar-refractivity contribution in [1.29, 1.82) is 0 Å². The lowest BCUT2D eigenvalue weighted by atomic mass is 10.1. The quantitative estimate of drug-likeness (QED) is 0.615. The number of carbonyl (C=O) groups excluding carboxylic acids is 1. The Morgan fingerprint density at radius 1 is 1.46 bits per heavy atom. The van der Waals surface area contributed by atoms with E-state index in [2.05, 4.69) is 5.18 Å². The van der Waals surface area contributed by atoms with Crippen LogP contribution < -0.4 is 0 Å². The molecule has 2 rings (SSSR count). The molecule has 1 aromatic rings. The van der Waals surface area contributed by atoms with Gasteiger partial charge in [-0.2, -0.15) is 0 Å². The third-order valence-electron chi connectivity index (χ3n) is 2.44. The molecule has 0 N–H and O–H groups in total. The molecule has 3 heteroatoms. The van der Waals surface area contributed by atoms with Crippen molar-refractivity contribution in [2.75, 3.05) is 0 Å². The van der Waals surface area contributed by atoms with Gasteiger partial charge in [0.2, 0.25) is 0 Å². The molecular formula is C10H9NO2. The normalized spacial score (nSPS) is 20.1. The van der Waals surface area contributed by atoms with Crippen LogP contribution in [-0.4, -0.2) is 5.78 Å². The third kappa shape index (κ3) is 1.16. The molecule has 0 fully saturated rings. The highest BCUT2D eigenvalue weighted by atomic mass is 16.3. The van der Waals surface area contributed by atoms with Crippen LogP contribution in [-0.2, 0) is 6.42 Å². The van der Waals surface area contributed by atoms with Gasteiger partial charge in [0.05, 0.1) is 0 Å². The number of rotatable bonds is 1. The van der Waals surface area contributed by atoms with Gasteiger partial charge in [0.1, 0.15) is 5.69 Å². The van der Waals surface area contributed by atoms with Crippen molar-refractivity contribution in [3.8, 4) is 0 Å². The van der Waals surface area contributed by atoms with E-state index in [0.717, 1.165) is 12.0 Å². The lowest BCUT2D eigenvalue weighted by Crippen LogP contribution is -2.02. The SMILES string of the molecule is CC1Cc2ccc(N=O)cc2C1=O. The molecule has 66 valence electrons. The van der Waals surface area contributed by atoms with Crippen LogP contribution in [0.25, 0.3) is 0 Å². The van der Waals surface area contributed by atoms with Gasteiger partial charge in [-0.15, -0.1) is 4.91 Å². The van der Waals surface area contributed by atoms with Crippen molar-refractivity contribution in [3.05, 3.63) is 34.2 Å². The average molecular weight is 175 g/mol. The zero-order chi connectivity index (χ0) is 9.42. The summed E-state index contributed by atoms with van der Waals surface area (Å²) < 4.78 is 0. The monoisotopic (exact) mass is 175 g/mol. The van der Waals surface area contributed by atoms with Gasteiger partial charge in [0, 0.05) is 11.5 Å². The van der Waals surface area contributed by atoms with Gasteiger partial charge in [0.25, 0.3) is 0 Å². The first-order valence-electron chi connectivity index (χ1n) is 4.23. The molecule has 0 saturated heterocycles. The van der Waals surface area contributed by atoms with Crippen LogP contribution in [0.5, 0.6) is 0 Å². The van der Waals surface area contributed by atoms with Crippen LogP contribution in [0.15, 0.2) is 23.4 Å². The molecule has 0 heterocycles. The Hall–Kier alpha value is -1.51. The van der Waals surface area contributed by atoms with Crippen LogP contribution in [0.2, 0.25) is 0 Å². The fraction of sp³-hybridized carbons (Fsp3) is 0.300. The summed E-state index contributed by atoms with van der Waals surface area (Å²) in [6, 6.07) is 5.04. The van der Waals surface area contributed by atoms with Crippen molar-refractivity contribution < 1.29 is 4.79 Å². The Labute approximate surface area is 75.7 Å². The molecular weight excluding hydrogens is 166 g/mol. The number of hydrogen-bond donors (Lipinski definition) is 0. The summed E-state index contributed by atoms with van der Waals surface area (Å²) in [6.45, 7) is 1.90. The molecule has 0 bridgehead atoms. The molecule has 0 aromatic heterocycles. The molecule has 13 heavy (non-hydrogen) atoms.